The fourth-order valence-electron chi connectivity index (χ4n) is 2.73. The molecule has 192 valence electrons. The molecule has 0 aliphatic rings. The molecule has 0 amide bonds. The van der Waals surface area contributed by atoms with Crippen LogP contribution in [0.1, 0.15) is 41.7 Å². The lowest BCUT2D eigenvalue weighted by Gasteiger charge is -2.27. The quantitative estimate of drug-likeness (QED) is 0.392. The molecule has 1 unspecified atom stereocenters. The number of halogens is 6. The second-order valence-corrected chi connectivity index (χ2v) is 8.04. The molecule has 0 spiro atoms. The molecule has 0 aliphatic carbocycles. The number of benzene rings is 1. The molecular formula is C21H22F6N4O4. The van der Waals surface area contributed by atoms with Gasteiger partial charge in [0.2, 0.25) is 0 Å². The van der Waals surface area contributed by atoms with E-state index in [2.05, 4.69) is 9.97 Å². The molecular weight excluding hydrogens is 486 g/mol. The molecule has 35 heavy (non-hydrogen) atoms. The van der Waals surface area contributed by atoms with Crippen molar-refractivity contribution < 1.29 is 50.6 Å². The van der Waals surface area contributed by atoms with Crippen LogP contribution >= 0.6 is 0 Å². The van der Waals surface area contributed by atoms with Crippen molar-refractivity contribution in [2.75, 3.05) is 5.73 Å². The fourth-order valence-corrected chi connectivity index (χ4v) is 2.73. The molecule has 0 fully saturated rings. The Bertz CT molecular complexity index is 1350. The highest BCUT2D eigenvalue weighted by Gasteiger charge is 2.51. The third-order valence-electron chi connectivity index (χ3n) is 4.80. The number of aryl methyl sites for hydroxylation is 1. The second-order valence-electron chi connectivity index (χ2n) is 8.04. The lowest BCUT2D eigenvalue weighted by atomic mass is 9.91. The number of aliphatic hydroxyl groups is 2. The van der Waals surface area contributed by atoms with E-state index in [0.717, 1.165) is 18.2 Å². The first-order chi connectivity index (χ1) is 16.9. The van der Waals surface area contributed by atoms with E-state index in [1.165, 1.54) is 30.6 Å². The molecule has 5 N–H and O–H groups in total. The molecule has 2 heterocycles. The first-order valence-electron chi connectivity index (χ1n) is 11.0. The zero-order valence-electron chi connectivity index (χ0n) is 21.3. The molecule has 0 radical (unpaired) electrons. The van der Waals surface area contributed by atoms with Crippen LogP contribution in [0.15, 0.2) is 30.6 Å². The van der Waals surface area contributed by atoms with Crippen molar-refractivity contribution in [1.82, 2.24) is 14.4 Å². The molecule has 8 nitrogen and oxygen atoms in total. The number of aliphatic carboxylic acids is 1. The van der Waals surface area contributed by atoms with Crippen LogP contribution in [0.5, 0.6) is 0 Å². The summed E-state index contributed by atoms with van der Waals surface area (Å²) in [6.07, 6.45) is -7.45. The Hall–Kier alpha value is -3.39. The number of rotatable bonds is 3. The van der Waals surface area contributed by atoms with Crippen molar-refractivity contribution in [2.45, 2.75) is 51.2 Å². The summed E-state index contributed by atoms with van der Waals surface area (Å²) in [7, 11) is 0. The minimum atomic E-state index is -5.08. The van der Waals surface area contributed by atoms with Gasteiger partial charge in [-0.3, -0.25) is 4.40 Å². The predicted molar refractivity (Wildman–Crippen MR) is 112 cm³/mol. The highest BCUT2D eigenvalue weighted by atomic mass is 19.4. The van der Waals surface area contributed by atoms with E-state index in [4.69, 9.17) is 19.7 Å². The summed E-state index contributed by atoms with van der Waals surface area (Å²) < 4.78 is 96.6. The van der Waals surface area contributed by atoms with Crippen LogP contribution in [-0.4, -0.2) is 48.0 Å². The number of carboxylic acid groups (broad SMARTS) is 1. The van der Waals surface area contributed by atoms with E-state index in [1.807, 2.05) is 0 Å². The Kier molecular flexibility index (Phi) is 6.01. The zero-order valence-corrected chi connectivity index (χ0v) is 18.3. The topological polar surface area (TPSA) is 134 Å². The molecule has 3 aromatic rings. The lowest BCUT2D eigenvalue weighted by molar-refractivity contribution is -0.258. The Morgan fingerprint density at radius 2 is 1.69 bits per heavy atom. The van der Waals surface area contributed by atoms with Gasteiger partial charge in [0.1, 0.15) is 5.60 Å². The number of nitrogen functional groups attached to an aromatic ring is 1. The van der Waals surface area contributed by atoms with Crippen LogP contribution in [0.3, 0.4) is 0 Å². The molecule has 0 saturated heterocycles. The summed E-state index contributed by atoms with van der Waals surface area (Å²) >= 11 is 0. The van der Waals surface area contributed by atoms with Crippen molar-refractivity contribution in [3.8, 4) is 11.3 Å². The molecule has 2 aromatic heterocycles. The molecule has 0 saturated carbocycles. The van der Waals surface area contributed by atoms with Crippen LogP contribution in [0.4, 0.5) is 32.2 Å². The first kappa shape index (κ1) is 23.4. The summed E-state index contributed by atoms with van der Waals surface area (Å²) in [6, 6.07) is 2.93. The van der Waals surface area contributed by atoms with Crippen molar-refractivity contribution in [3.63, 3.8) is 0 Å². The average molecular weight is 511 g/mol. The summed E-state index contributed by atoms with van der Waals surface area (Å²) in [5, 5.41) is 27.5. The standard InChI is InChI=1S/C19H21F3N4O2.C2HF3O2/c1-10-5-6-11(18(4,28)19(20,21)22)7-12(10)13-8-24-16-15(23)25-14(9-26(13)16)17(2,3)27;3-2(4,5)1(6)7/h5-9,27-28H,1-4H3,(H2,23,25);(H,6,7)/i1D3;. The minimum absolute atomic E-state index is 0.0558. The van der Waals surface area contributed by atoms with Crippen LogP contribution in [0.25, 0.3) is 16.9 Å². The molecule has 0 aliphatic heterocycles. The van der Waals surface area contributed by atoms with Gasteiger partial charge in [0.15, 0.2) is 17.1 Å². The number of imidazole rings is 1. The van der Waals surface area contributed by atoms with Gasteiger partial charge in [0.25, 0.3) is 0 Å². The van der Waals surface area contributed by atoms with Crippen molar-refractivity contribution in [2.24, 2.45) is 0 Å². The minimum Gasteiger partial charge on any atom is -0.475 e. The number of nitrogens with zero attached hydrogens (tertiary/aromatic N) is 3. The Balaban J connectivity index is 0.000000638. The van der Waals surface area contributed by atoms with Crippen molar-refractivity contribution in [1.29, 1.82) is 0 Å². The predicted octanol–water partition coefficient (Wildman–Crippen LogP) is 3.92. The maximum absolute atomic E-state index is 13.4. The highest BCUT2D eigenvalue weighted by Crippen LogP contribution is 2.40. The molecule has 14 heteroatoms. The number of nitrogens with two attached hydrogens (primary N) is 1. The number of anilines is 1. The fraction of sp³-hybridized carbons (Fsp3) is 0.381. The van der Waals surface area contributed by atoms with Gasteiger partial charge in [-0.1, -0.05) is 12.1 Å². The zero-order chi connectivity index (χ0) is 29.6. The van der Waals surface area contributed by atoms with E-state index in [0.29, 0.717) is 6.92 Å². The van der Waals surface area contributed by atoms with Gasteiger partial charge in [0.05, 0.1) is 17.6 Å². The van der Waals surface area contributed by atoms with Gasteiger partial charge in [-0.15, -0.1) is 0 Å². The van der Waals surface area contributed by atoms with Gasteiger partial charge in [-0.2, -0.15) is 26.3 Å². The third-order valence-corrected chi connectivity index (χ3v) is 4.80. The van der Waals surface area contributed by atoms with Gasteiger partial charge in [-0.25, -0.2) is 14.8 Å². The van der Waals surface area contributed by atoms with Crippen LogP contribution in [-0.2, 0) is 16.0 Å². The van der Waals surface area contributed by atoms with Crippen molar-refractivity contribution >= 4 is 17.4 Å². The molecule has 3 rings (SSSR count). The van der Waals surface area contributed by atoms with E-state index in [-0.39, 0.29) is 34.0 Å². The number of carboxylic acids is 1. The molecule has 1 aromatic carbocycles. The van der Waals surface area contributed by atoms with Crippen LogP contribution in [0, 0.1) is 6.85 Å². The Morgan fingerprint density at radius 3 is 2.14 bits per heavy atom. The number of alkyl halides is 6. The number of carbonyl (C=O) groups is 1. The van der Waals surface area contributed by atoms with E-state index < -0.39 is 41.9 Å². The number of fused-ring (bicyclic) bond motifs is 1. The summed E-state index contributed by atoms with van der Waals surface area (Å²) in [5.74, 6) is -2.81. The van der Waals surface area contributed by atoms with Crippen LogP contribution < -0.4 is 5.73 Å². The molecule has 1 atom stereocenters. The normalized spacial score (nSPS) is 15.9. The van der Waals surface area contributed by atoms with Gasteiger partial charge >= 0.3 is 18.3 Å². The first-order valence-corrected chi connectivity index (χ1v) is 9.50. The third kappa shape index (κ3) is 5.82. The summed E-state index contributed by atoms with van der Waals surface area (Å²) in [5.41, 5.74) is 0.815. The molecule has 0 bridgehead atoms. The maximum Gasteiger partial charge on any atom is 0.490 e. The van der Waals surface area contributed by atoms with E-state index in [9.17, 15) is 36.6 Å². The number of aromatic nitrogens is 3. The number of hydrogen-bond donors (Lipinski definition) is 4. The smallest absolute Gasteiger partial charge is 0.475 e. The van der Waals surface area contributed by atoms with Gasteiger partial charge in [0, 0.05) is 15.9 Å². The lowest BCUT2D eigenvalue weighted by Crippen LogP contribution is -2.39. The summed E-state index contributed by atoms with van der Waals surface area (Å²) in [4.78, 5) is 17.1. The maximum atomic E-state index is 13.4. The Labute approximate surface area is 198 Å². The SMILES string of the molecule is O=C(O)C(F)(F)F.[2H]C([2H])([2H])c1ccc(C(C)(O)C(F)(F)F)cc1-c1cnc2c(N)nc(C(C)(C)O)cn12. The van der Waals surface area contributed by atoms with Gasteiger partial charge < -0.3 is 21.1 Å². The average Bonchev–Trinajstić information content (AvgIpc) is 3.15. The summed E-state index contributed by atoms with van der Waals surface area (Å²) in [6.45, 7) is 0.849. The Morgan fingerprint density at radius 1 is 1.11 bits per heavy atom. The number of hydrogen-bond acceptors (Lipinski definition) is 6. The second kappa shape index (κ2) is 9.00. The van der Waals surface area contributed by atoms with E-state index >= 15 is 0 Å². The van der Waals surface area contributed by atoms with Gasteiger partial charge in [-0.05, 0) is 44.8 Å². The monoisotopic (exact) mass is 511 g/mol. The van der Waals surface area contributed by atoms with Crippen molar-refractivity contribution in [3.05, 3.63) is 47.4 Å². The largest absolute Gasteiger partial charge is 0.490 e. The van der Waals surface area contributed by atoms with E-state index in [1.54, 1.807) is 0 Å². The van der Waals surface area contributed by atoms with Crippen LogP contribution in [0.2, 0.25) is 0 Å². The highest BCUT2D eigenvalue weighted by molar-refractivity contribution is 5.73.